The van der Waals surface area contributed by atoms with E-state index in [-0.39, 0.29) is 6.61 Å². The Kier molecular flexibility index (Phi) is 4.48. The summed E-state index contributed by atoms with van der Waals surface area (Å²) < 4.78 is 0. The predicted octanol–water partition coefficient (Wildman–Crippen LogP) is 1.48. The monoisotopic (exact) mass is 238 g/mol. The molecule has 1 rings (SSSR count). The zero-order chi connectivity index (χ0) is 13.1. The summed E-state index contributed by atoms with van der Waals surface area (Å²) in [7, 11) is 0. The number of hydrogen-bond donors (Lipinski definition) is 2. The average molecular weight is 238 g/mol. The quantitative estimate of drug-likeness (QED) is 0.816. The van der Waals surface area contributed by atoms with Gasteiger partial charge in [-0.2, -0.15) is 0 Å². The van der Waals surface area contributed by atoms with Gasteiger partial charge in [-0.05, 0) is 39.3 Å². The summed E-state index contributed by atoms with van der Waals surface area (Å²) in [5, 5.41) is 18.9. The molecule has 1 heterocycles. The van der Waals surface area contributed by atoms with Gasteiger partial charge in [0.25, 0.3) is 0 Å². The molecule has 0 bridgehead atoms. The Hall–Kier alpha value is -1.13. The van der Waals surface area contributed by atoms with E-state index in [2.05, 4.69) is 4.98 Å². The van der Waals surface area contributed by atoms with Gasteiger partial charge in [-0.15, -0.1) is 0 Å². The van der Waals surface area contributed by atoms with Crippen LogP contribution in [0.1, 0.15) is 32.0 Å². The predicted molar refractivity (Wildman–Crippen MR) is 69.1 cm³/mol. The average Bonchev–Trinajstić information content (AvgIpc) is 2.24. The molecule has 0 fully saturated rings. The summed E-state index contributed by atoms with van der Waals surface area (Å²) in [6.45, 7) is 8.81. The second-order valence-electron chi connectivity index (χ2n) is 4.90. The van der Waals surface area contributed by atoms with E-state index in [0.717, 1.165) is 23.6 Å². The number of aliphatic hydroxyl groups is 2. The van der Waals surface area contributed by atoms with Crippen molar-refractivity contribution in [1.29, 1.82) is 0 Å². The Morgan fingerprint density at radius 2 is 2.00 bits per heavy atom. The van der Waals surface area contributed by atoms with E-state index in [9.17, 15) is 5.11 Å². The van der Waals surface area contributed by atoms with Crippen LogP contribution >= 0.6 is 0 Å². The van der Waals surface area contributed by atoms with Crippen molar-refractivity contribution in [1.82, 2.24) is 4.98 Å². The first-order valence-corrected chi connectivity index (χ1v) is 5.92. The second kappa shape index (κ2) is 5.47. The van der Waals surface area contributed by atoms with Crippen molar-refractivity contribution in [3.63, 3.8) is 0 Å². The van der Waals surface area contributed by atoms with Crippen LogP contribution in [-0.4, -0.2) is 33.9 Å². The van der Waals surface area contributed by atoms with Crippen LogP contribution in [-0.2, 0) is 6.61 Å². The van der Waals surface area contributed by atoms with Gasteiger partial charge < -0.3 is 15.1 Å². The van der Waals surface area contributed by atoms with Crippen LogP contribution in [0.4, 0.5) is 5.82 Å². The van der Waals surface area contributed by atoms with Gasteiger partial charge in [0.15, 0.2) is 0 Å². The number of aliphatic hydroxyl groups excluding tert-OH is 1. The number of anilines is 1. The molecule has 0 aliphatic rings. The van der Waals surface area contributed by atoms with Crippen LogP contribution in [0.2, 0.25) is 0 Å². The molecule has 0 radical (unpaired) electrons. The summed E-state index contributed by atoms with van der Waals surface area (Å²) >= 11 is 0. The molecule has 2 N–H and O–H groups in total. The van der Waals surface area contributed by atoms with Crippen molar-refractivity contribution in [2.24, 2.45) is 0 Å². The lowest BCUT2D eigenvalue weighted by Crippen LogP contribution is -2.39. The number of pyridine rings is 1. The number of aromatic nitrogens is 1. The first-order chi connectivity index (χ1) is 7.87. The zero-order valence-corrected chi connectivity index (χ0v) is 11.1. The molecule has 0 unspecified atom stereocenters. The number of hydrogen-bond acceptors (Lipinski definition) is 4. The third-order valence-electron chi connectivity index (χ3n) is 2.63. The standard InChI is InChI=1S/C13H22N2O2/c1-5-15(9-13(3,4)17)12-7-6-11(8-16)10(2)14-12/h6-7,16-17H,5,8-9H2,1-4H3. The molecule has 17 heavy (non-hydrogen) atoms. The summed E-state index contributed by atoms with van der Waals surface area (Å²) in [4.78, 5) is 6.48. The first kappa shape index (κ1) is 13.9. The lowest BCUT2D eigenvalue weighted by Gasteiger charge is -2.29. The van der Waals surface area contributed by atoms with Gasteiger partial charge in [0, 0.05) is 18.8 Å². The highest BCUT2D eigenvalue weighted by molar-refractivity contribution is 5.41. The maximum Gasteiger partial charge on any atom is 0.128 e. The second-order valence-corrected chi connectivity index (χ2v) is 4.90. The smallest absolute Gasteiger partial charge is 0.128 e. The van der Waals surface area contributed by atoms with Crippen LogP contribution in [0.5, 0.6) is 0 Å². The molecule has 4 heteroatoms. The molecule has 1 aromatic rings. The normalized spacial score (nSPS) is 11.6. The molecule has 0 amide bonds. The molecule has 1 aromatic heterocycles. The van der Waals surface area contributed by atoms with Crippen molar-refractivity contribution in [2.75, 3.05) is 18.0 Å². The maximum absolute atomic E-state index is 9.84. The van der Waals surface area contributed by atoms with E-state index >= 15 is 0 Å². The van der Waals surface area contributed by atoms with Gasteiger partial charge in [-0.25, -0.2) is 4.98 Å². The summed E-state index contributed by atoms with van der Waals surface area (Å²) in [6.07, 6.45) is 0. The molecular formula is C13H22N2O2. The van der Waals surface area contributed by atoms with Crippen LogP contribution < -0.4 is 4.90 Å². The van der Waals surface area contributed by atoms with Gasteiger partial charge >= 0.3 is 0 Å². The lowest BCUT2D eigenvalue weighted by molar-refractivity contribution is 0.0874. The Labute approximate surface area is 103 Å². The van der Waals surface area contributed by atoms with Crippen molar-refractivity contribution in [2.45, 2.75) is 39.9 Å². The van der Waals surface area contributed by atoms with E-state index in [4.69, 9.17) is 5.11 Å². The fourth-order valence-corrected chi connectivity index (χ4v) is 1.74. The molecule has 0 aromatic carbocycles. The zero-order valence-electron chi connectivity index (χ0n) is 11.1. The van der Waals surface area contributed by atoms with Gasteiger partial charge in [0.2, 0.25) is 0 Å². The summed E-state index contributed by atoms with van der Waals surface area (Å²) in [6, 6.07) is 3.76. The molecular weight excluding hydrogens is 216 g/mol. The highest BCUT2D eigenvalue weighted by Gasteiger charge is 2.18. The highest BCUT2D eigenvalue weighted by Crippen LogP contribution is 2.17. The lowest BCUT2D eigenvalue weighted by atomic mass is 10.1. The van der Waals surface area contributed by atoms with Gasteiger partial charge in [-0.1, -0.05) is 6.07 Å². The van der Waals surface area contributed by atoms with Crippen LogP contribution in [0, 0.1) is 6.92 Å². The Morgan fingerprint density at radius 1 is 1.35 bits per heavy atom. The SMILES string of the molecule is CCN(CC(C)(C)O)c1ccc(CO)c(C)n1. The number of nitrogens with zero attached hydrogens (tertiary/aromatic N) is 2. The molecule has 0 saturated heterocycles. The largest absolute Gasteiger partial charge is 0.392 e. The Morgan fingerprint density at radius 3 is 2.41 bits per heavy atom. The minimum absolute atomic E-state index is 0.0106. The van der Waals surface area contributed by atoms with Crippen LogP contribution in [0.3, 0.4) is 0 Å². The molecule has 0 aliphatic heterocycles. The van der Waals surface area contributed by atoms with E-state index in [1.165, 1.54) is 0 Å². The van der Waals surface area contributed by atoms with E-state index in [1.54, 1.807) is 13.8 Å². The minimum atomic E-state index is -0.749. The van der Waals surface area contributed by atoms with Gasteiger partial charge in [-0.3, -0.25) is 0 Å². The van der Waals surface area contributed by atoms with Gasteiger partial charge in [0.05, 0.1) is 12.2 Å². The van der Waals surface area contributed by atoms with Crippen LogP contribution in [0.15, 0.2) is 12.1 Å². The van der Waals surface area contributed by atoms with Gasteiger partial charge in [0.1, 0.15) is 5.82 Å². The Bertz CT molecular complexity index is 372. The van der Waals surface area contributed by atoms with Crippen molar-refractivity contribution < 1.29 is 10.2 Å². The van der Waals surface area contributed by atoms with E-state index in [0.29, 0.717) is 6.54 Å². The van der Waals surface area contributed by atoms with E-state index in [1.807, 2.05) is 30.9 Å². The molecule has 0 spiro atoms. The number of rotatable bonds is 5. The summed E-state index contributed by atoms with van der Waals surface area (Å²) in [5.74, 6) is 0.837. The van der Waals surface area contributed by atoms with Crippen LogP contribution in [0.25, 0.3) is 0 Å². The number of aryl methyl sites for hydroxylation is 1. The fourth-order valence-electron chi connectivity index (χ4n) is 1.74. The van der Waals surface area contributed by atoms with Crippen molar-refractivity contribution in [3.8, 4) is 0 Å². The maximum atomic E-state index is 9.84. The van der Waals surface area contributed by atoms with E-state index < -0.39 is 5.60 Å². The first-order valence-electron chi connectivity index (χ1n) is 5.92. The Balaban J connectivity index is 2.93. The molecule has 0 atom stereocenters. The minimum Gasteiger partial charge on any atom is -0.392 e. The fraction of sp³-hybridized carbons (Fsp3) is 0.615. The molecule has 0 saturated carbocycles. The third-order valence-corrected chi connectivity index (χ3v) is 2.63. The van der Waals surface area contributed by atoms with Crippen molar-refractivity contribution in [3.05, 3.63) is 23.4 Å². The molecule has 0 aliphatic carbocycles. The number of likely N-dealkylation sites (N-methyl/N-ethyl adjacent to an activating group) is 1. The molecule has 96 valence electrons. The molecule has 4 nitrogen and oxygen atoms in total. The highest BCUT2D eigenvalue weighted by atomic mass is 16.3. The third kappa shape index (κ3) is 3.98. The van der Waals surface area contributed by atoms with Crippen molar-refractivity contribution >= 4 is 5.82 Å². The topological polar surface area (TPSA) is 56.6 Å². The summed E-state index contributed by atoms with van der Waals surface area (Å²) in [5.41, 5.74) is 0.925.